The van der Waals surface area contributed by atoms with Crippen molar-refractivity contribution in [3.8, 4) is 0 Å². The summed E-state index contributed by atoms with van der Waals surface area (Å²) in [7, 11) is 0. The summed E-state index contributed by atoms with van der Waals surface area (Å²) < 4.78 is 79.0. The molecule has 1 atom stereocenters. The molecule has 166 valence electrons. The molecule has 12 heteroatoms. The normalized spacial score (nSPS) is 19.0. The molecule has 1 N–H and O–H groups in total. The van der Waals surface area contributed by atoms with Crippen molar-refractivity contribution in [3.05, 3.63) is 63.6 Å². The number of amides is 1. The fourth-order valence-electron chi connectivity index (χ4n) is 3.01. The Bertz CT molecular complexity index is 1020. The van der Waals surface area contributed by atoms with Gasteiger partial charge in [0.25, 0.3) is 5.60 Å². The third-order valence-electron chi connectivity index (χ3n) is 4.36. The van der Waals surface area contributed by atoms with Gasteiger partial charge < -0.3 is 10.2 Å². The zero-order valence-corrected chi connectivity index (χ0v) is 16.8. The number of carbonyl (C=O) groups excluding carboxylic acids is 1. The first-order valence-electron chi connectivity index (χ1n) is 8.54. The maximum atomic E-state index is 14.0. The summed E-state index contributed by atoms with van der Waals surface area (Å²) >= 11 is 11.7. The first-order chi connectivity index (χ1) is 14.3. The molecule has 0 aliphatic carbocycles. The number of nitrogens with zero attached hydrogens (tertiary/aromatic N) is 1. The van der Waals surface area contributed by atoms with Gasteiger partial charge >= 0.3 is 12.4 Å². The van der Waals surface area contributed by atoms with Crippen LogP contribution >= 0.6 is 23.2 Å². The van der Waals surface area contributed by atoms with E-state index in [0.717, 1.165) is 12.1 Å². The molecule has 1 unspecified atom stereocenters. The van der Waals surface area contributed by atoms with Crippen LogP contribution in [0.5, 0.6) is 0 Å². The smallest absolute Gasteiger partial charge is 0.374 e. The number of carbonyl (C=O) groups is 1. The predicted molar refractivity (Wildman–Crippen MR) is 102 cm³/mol. The average molecular weight is 485 g/mol. The first-order valence-corrected chi connectivity index (χ1v) is 9.30. The van der Waals surface area contributed by atoms with Gasteiger partial charge in [-0.05, 0) is 30.3 Å². The van der Waals surface area contributed by atoms with E-state index < -0.39 is 36.7 Å². The van der Waals surface area contributed by atoms with Crippen molar-refractivity contribution >= 4 is 40.5 Å². The van der Waals surface area contributed by atoms with Gasteiger partial charge in [-0.2, -0.15) is 26.3 Å². The van der Waals surface area contributed by atoms with Crippen LogP contribution in [0.3, 0.4) is 0 Å². The number of halogens is 8. The molecule has 4 nitrogen and oxygen atoms in total. The molecule has 2 aromatic rings. The molecule has 1 amide bonds. The summed E-state index contributed by atoms with van der Waals surface area (Å²) in [5, 5.41) is 5.55. The largest absolute Gasteiger partial charge is 0.435 e. The molecule has 0 radical (unpaired) electrons. The van der Waals surface area contributed by atoms with E-state index in [1.54, 1.807) is 0 Å². The fourth-order valence-corrected chi connectivity index (χ4v) is 3.54. The second-order valence-electron chi connectivity index (χ2n) is 6.71. The number of benzene rings is 2. The minimum Gasteiger partial charge on any atom is -0.374 e. The summed E-state index contributed by atoms with van der Waals surface area (Å²) in [6, 6.07) is 8.63. The number of anilines is 1. The lowest BCUT2D eigenvalue weighted by molar-refractivity contribution is -0.275. The Morgan fingerprint density at radius 2 is 1.71 bits per heavy atom. The Balaban J connectivity index is 1.88. The van der Waals surface area contributed by atoms with Crippen molar-refractivity contribution in [1.82, 2.24) is 0 Å². The number of hydrogen-bond donors (Lipinski definition) is 1. The van der Waals surface area contributed by atoms with Crippen LogP contribution in [0, 0.1) is 0 Å². The second kappa shape index (κ2) is 8.23. The van der Waals surface area contributed by atoms with Gasteiger partial charge in [-0.15, -0.1) is 0 Å². The molecule has 1 aliphatic rings. The lowest BCUT2D eigenvalue weighted by Gasteiger charge is -2.29. The van der Waals surface area contributed by atoms with Gasteiger partial charge in [0.15, 0.2) is 0 Å². The fraction of sp³-hybridized carbons (Fsp3) is 0.263. The molecule has 1 heterocycles. The van der Waals surface area contributed by atoms with Crippen molar-refractivity contribution in [3.63, 3.8) is 0 Å². The Hall–Kier alpha value is -2.46. The van der Waals surface area contributed by atoms with E-state index in [1.165, 1.54) is 30.3 Å². The van der Waals surface area contributed by atoms with Crippen LogP contribution in [0.15, 0.2) is 47.6 Å². The Morgan fingerprint density at radius 1 is 1.06 bits per heavy atom. The van der Waals surface area contributed by atoms with Crippen LogP contribution in [-0.2, 0) is 15.2 Å². The molecule has 31 heavy (non-hydrogen) atoms. The molecule has 0 spiro atoms. The topological polar surface area (TPSA) is 50.7 Å². The van der Waals surface area contributed by atoms with Gasteiger partial charge in [0, 0.05) is 33.3 Å². The number of alkyl halides is 6. The van der Waals surface area contributed by atoms with Crippen molar-refractivity contribution in [2.24, 2.45) is 5.16 Å². The summed E-state index contributed by atoms with van der Waals surface area (Å²) in [5.41, 5.74) is -3.24. The highest BCUT2D eigenvalue weighted by Crippen LogP contribution is 2.49. The van der Waals surface area contributed by atoms with Gasteiger partial charge in [-0.3, -0.25) is 4.79 Å². The molecule has 0 bridgehead atoms. The number of rotatable bonds is 4. The average Bonchev–Trinajstić information content (AvgIpc) is 3.06. The molecular weight excluding hydrogens is 473 g/mol. The molecule has 0 saturated heterocycles. The van der Waals surface area contributed by atoms with E-state index >= 15 is 0 Å². The highest BCUT2D eigenvalue weighted by molar-refractivity contribution is 6.34. The quantitative estimate of drug-likeness (QED) is 0.505. The van der Waals surface area contributed by atoms with E-state index in [9.17, 15) is 31.1 Å². The maximum Gasteiger partial charge on any atom is 0.435 e. The molecule has 0 aromatic heterocycles. The van der Waals surface area contributed by atoms with Crippen molar-refractivity contribution in [2.45, 2.75) is 30.8 Å². The zero-order valence-electron chi connectivity index (χ0n) is 15.2. The van der Waals surface area contributed by atoms with Crippen LogP contribution in [0.4, 0.5) is 32.0 Å². The van der Waals surface area contributed by atoms with Gasteiger partial charge in [0.2, 0.25) is 5.91 Å². The Morgan fingerprint density at radius 3 is 2.29 bits per heavy atom. The van der Waals surface area contributed by atoms with Crippen LogP contribution in [0.1, 0.15) is 24.0 Å². The van der Waals surface area contributed by atoms with Crippen molar-refractivity contribution in [1.29, 1.82) is 0 Å². The highest BCUT2D eigenvalue weighted by atomic mass is 35.5. The molecule has 1 aliphatic heterocycles. The lowest BCUT2D eigenvalue weighted by Crippen LogP contribution is -2.42. The molecular formula is C19H12Cl2F6N2O2. The summed E-state index contributed by atoms with van der Waals surface area (Å²) in [6.45, 7) is 0. The Labute approximate surface area is 181 Å². The maximum absolute atomic E-state index is 14.0. The Kier molecular flexibility index (Phi) is 6.16. The van der Waals surface area contributed by atoms with E-state index in [-0.39, 0.29) is 32.6 Å². The monoisotopic (exact) mass is 484 g/mol. The highest BCUT2D eigenvalue weighted by Gasteiger charge is 2.62. The third-order valence-corrected chi connectivity index (χ3v) is 4.79. The van der Waals surface area contributed by atoms with E-state index in [2.05, 4.69) is 5.16 Å². The van der Waals surface area contributed by atoms with Crippen LogP contribution < -0.4 is 5.32 Å². The molecule has 3 rings (SSSR count). The zero-order chi connectivity index (χ0) is 23.0. The SMILES string of the molecule is O=C(CC(F)(F)F)Nc1cccc(C2=NOC(c3cc(Cl)cc(Cl)c3)(C(F)(F)F)C2)c1. The summed E-state index contributed by atoms with van der Waals surface area (Å²) in [6.07, 6.45) is -12.0. The van der Waals surface area contributed by atoms with Gasteiger partial charge in [0.1, 0.15) is 6.42 Å². The van der Waals surface area contributed by atoms with Gasteiger partial charge in [-0.25, -0.2) is 0 Å². The number of oxime groups is 1. The van der Waals surface area contributed by atoms with Gasteiger partial charge in [0.05, 0.1) is 5.71 Å². The predicted octanol–water partition coefficient (Wildman–Crippen LogP) is 6.47. The second-order valence-corrected chi connectivity index (χ2v) is 7.58. The summed E-state index contributed by atoms with van der Waals surface area (Å²) in [5.74, 6) is -1.31. The molecule has 0 saturated carbocycles. The molecule has 2 aromatic carbocycles. The van der Waals surface area contributed by atoms with Crippen molar-refractivity contribution < 1.29 is 36.0 Å². The minimum absolute atomic E-state index is 0.0300. The van der Waals surface area contributed by atoms with E-state index in [0.29, 0.717) is 0 Å². The van der Waals surface area contributed by atoms with Crippen LogP contribution in [0.25, 0.3) is 0 Å². The van der Waals surface area contributed by atoms with Crippen molar-refractivity contribution in [2.75, 3.05) is 5.32 Å². The van der Waals surface area contributed by atoms with Crippen LogP contribution in [-0.4, -0.2) is 24.0 Å². The summed E-state index contributed by atoms with van der Waals surface area (Å²) in [4.78, 5) is 16.3. The minimum atomic E-state index is -4.90. The third kappa shape index (κ3) is 5.24. The lowest BCUT2D eigenvalue weighted by atomic mass is 9.86. The standard InChI is InChI=1S/C19H12Cl2F6N2O2/c20-12-5-11(6-13(21)7-12)17(19(25,26)27)8-15(29-31-17)10-2-1-3-14(4-10)28-16(30)9-18(22,23)24/h1-7H,8-9H2,(H,28,30). The first kappa shape index (κ1) is 23.2. The van der Waals surface area contributed by atoms with Crippen LogP contribution in [0.2, 0.25) is 10.0 Å². The number of hydrogen-bond acceptors (Lipinski definition) is 3. The number of nitrogens with one attached hydrogen (secondary N) is 1. The van der Waals surface area contributed by atoms with E-state index in [4.69, 9.17) is 28.0 Å². The molecule has 0 fully saturated rings. The van der Waals surface area contributed by atoms with Gasteiger partial charge in [-0.1, -0.05) is 40.5 Å². The van der Waals surface area contributed by atoms with E-state index in [1.807, 2.05) is 5.32 Å².